The van der Waals surface area contributed by atoms with E-state index >= 15 is 0 Å². The van der Waals surface area contributed by atoms with Crippen LogP contribution in [-0.4, -0.2) is 12.9 Å². The van der Waals surface area contributed by atoms with Crippen molar-refractivity contribution in [1.82, 2.24) is 0 Å². The summed E-state index contributed by atoms with van der Waals surface area (Å²) in [5.41, 5.74) is 1.35. The summed E-state index contributed by atoms with van der Waals surface area (Å²) < 4.78 is 18.1. The first-order valence-corrected chi connectivity index (χ1v) is 4.62. The van der Waals surface area contributed by atoms with E-state index in [1.165, 1.54) is 19.2 Å². The smallest absolute Gasteiger partial charge is 0.166 e. The van der Waals surface area contributed by atoms with Crippen LogP contribution in [-0.2, 0) is 6.42 Å². The molecule has 0 heterocycles. The molecule has 2 rings (SSSR count). The summed E-state index contributed by atoms with van der Waals surface area (Å²) in [6, 6.07) is 2.69. The predicted molar refractivity (Wildman–Crippen MR) is 50.2 cm³/mol. The zero-order valence-electron chi connectivity index (χ0n) is 7.97. The van der Waals surface area contributed by atoms with E-state index in [1.54, 1.807) is 0 Å². The highest BCUT2D eigenvalue weighted by Gasteiger charge is 2.22. The molecule has 0 aromatic heterocycles. The lowest BCUT2D eigenvalue weighted by Gasteiger charge is -2.17. The molecule has 1 aromatic rings. The van der Waals surface area contributed by atoms with Crippen LogP contribution in [0.3, 0.4) is 0 Å². The van der Waals surface area contributed by atoms with Crippen LogP contribution in [0.1, 0.15) is 28.8 Å². The molecule has 2 nitrogen and oxygen atoms in total. The molecule has 0 N–H and O–H groups in total. The Labute approximate surface area is 81.7 Å². The van der Waals surface area contributed by atoms with Crippen LogP contribution < -0.4 is 4.74 Å². The third-order valence-corrected chi connectivity index (χ3v) is 2.50. The van der Waals surface area contributed by atoms with Gasteiger partial charge in [-0.25, -0.2) is 4.39 Å². The van der Waals surface area contributed by atoms with Crippen molar-refractivity contribution in [2.24, 2.45) is 0 Å². The van der Waals surface area contributed by atoms with Gasteiger partial charge in [0.15, 0.2) is 5.78 Å². The van der Waals surface area contributed by atoms with Crippen molar-refractivity contribution >= 4 is 5.78 Å². The number of halogens is 1. The van der Waals surface area contributed by atoms with Crippen molar-refractivity contribution < 1.29 is 13.9 Å². The Morgan fingerprint density at radius 1 is 1.36 bits per heavy atom. The van der Waals surface area contributed by atoms with Gasteiger partial charge in [-0.15, -0.1) is 0 Å². The topological polar surface area (TPSA) is 26.3 Å². The number of methoxy groups -OCH3 is 1. The van der Waals surface area contributed by atoms with Gasteiger partial charge < -0.3 is 4.74 Å². The number of hydrogen-bond acceptors (Lipinski definition) is 2. The minimum atomic E-state index is -0.338. The summed E-state index contributed by atoms with van der Waals surface area (Å²) in [7, 11) is 1.46. The lowest BCUT2D eigenvalue weighted by molar-refractivity contribution is 0.0969. The molecule has 0 radical (unpaired) electrons. The molecule has 0 amide bonds. The van der Waals surface area contributed by atoms with E-state index in [-0.39, 0.29) is 11.6 Å². The third-order valence-electron chi connectivity index (χ3n) is 2.50. The molecule has 0 fully saturated rings. The van der Waals surface area contributed by atoms with E-state index in [4.69, 9.17) is 4.74 Å². The summed E-state index contributed by atoms with van der Waals surface area (Å²) in [5, 5.41) is 0. The predicted octanol–water partition coefficient (Wildman–Crippen LogP) is 2.35. The summed E-state index contributed by atoms with van der Waals surface area (Å²) in [6.45, 7) is 0. The number of hydrogen-bond donors (Lipinski definition) is 0. The van der Waals surface area contributed by atoms with Crippen molar-refractivity contribution in [3.63, 3.8) is 0 Å². The quantitative estimate of drug-likeness (QED) is 0.686. The fourth-order valence-corrected chi connectivity index (χ4v) is 1.87. The number of aryl methyl sites for hydroxylation is 1. The van der Waals surface area contributed by atoms with Crippen molar-refractivity contribution in [2.75, 3.05) is 7.11 Å². The van der Waals surface area contributed by atoms with Gasteiger partial charge in [0.25, 0.3) is 0 Å². The SMILES string of the molecule is COc1cc(F)cc2c1C(=O)CCC2. The van der Waals surface area contributed by atoms with Gasteiger partial charge in [-0.3, -0.25) is 4.79 Å². The molecule has 0 bridgehead atoms. The Balaban J connectivity index is 2.61. The Bertz CT molecular complexity index is 368. The number of Topliss-reactive ketones (excluding diaryl/α,β-unsaturated/α-hetero) is 1. The van der Waals surface area contributed by atoms with E-state index in [0.717, 1.165) is 18.4 Å². The third kappa shape index (κ3) is 1.39. The average Bonchev–Trinajstić information content (AvgIpc) is 2.16. The van der Waals surface area contributed by atoms with Crippen LogP contribution >= 0.6 is 0 Å². The number of ether oxygens (including phenoxy) is 1. The molecule has 0 unspecified atom stereocenters. The second kappa shape index (κ2) is 3.40. The monoisotopic (exact) mass is 194 g/mol. The molecule has 74 valence electrons. The molecule has 0 atom stereocenters. The largest absolute Gasteiger partial charge is 0.496 e. The van der Waals surface area contributed by atoms with Crippen molar-refractivity contribution in [3.8, 4) is 5.75 Å². The van der Waals surface area contributed by atoms with Gasteiger partial charge in [0.05, 0.1) is 12.7 Å². The zero-order valence-corrected chi connectivity index (χ0v) is 7.97. The molecule has 0 aliphatic heterocycles. The molecule has 0 spiro atoms. The molecule has 1 aliphatic carbocycles. The highest BCUT2D eigenvalue weighted by Crippen LogP contribution is 2.30. The maximum atomic E-state index is 13.1. The van der Waals surface area contributed by atoms with Crippen molar-refractivity contribution in [3.05, 3.63) is 29.1 Å². The molecular formula is C11H11FO2. The number of fused-ring (bicyclic) bond motifs is 1. The maximum absolute atomic E-state index is 13.1. The van der Waals surface area contributed by atoms with E-state index in [0.29, 0.717) is 17.7 Å². The Morgan fingerprint density at radius 2 is 2.14 bits per heavy atom. The highest BCUT2D eigenvalue weighted by molar-refractivity contribution is 6.01. The van der Waals surface area contributed by atoms with Gasteiger partial charge in [0.1, 0.15) is 11.6 Å². The molecular weight excluding hydrogens is 183 g/mol. The zero-order chi connectivity index (χ0) is 10.1. The van der Waals surface area contributed by atoms with Gasteiger partial charge in [-0.2, -0.15) is 0 Å². The summed E-state index contributed by atoms with van der Waals surface area (Å²) in [4.78, 5) is 11.6. The minimum absolute atomic E-state index is 0.0584. The molecule has 1 aromatic carbocycles. The second-order valence-electron chi connectivity index (χ2n) is 3.42. The van der Waals surface area contributed by atoms with Crippen LogP contribution in [0.2, 0.25) is 0 Å². The van der Waals surface area contributed by atoms with E-state index in [9.17, 15) is 9.18 Å². The van der Waals surface area contributed by atoms with Crippen molar-refractivity contribution in [2.45, 2.75) is 19.3 Å². The summed E-state index contributed by atoms with van der Waals surface area (Å²) in [6.07, 6.45) is 2.10. The summed E-state index contributed by atoms with van der Waals surface area (Å²) in [5.74, 6) is 0.0862. The van der Waals surface area contributed by atoms with Crippen LogP contribution in [0.25, 0.3) is 0 Å². The van der Waals surface area contributed by atoms with Gasteiger partial charge >= 0.3 is 0 Å². The molecule has 14 heavy (non-hydrogen) atoms. The van der Waals surface area contributed by atoms with Gasteiger partial charge in [-0.05, 0) is 24.5 Å². The van der Waals surface area contributed by atoms with Crippen molar-refractivity contribution in [1.29, 1.82) is 0 Å². The minimum Gasteiger partial charge on any atom is -0.496 e. The second-order valence-corrected chi connectivity index (χ2v) is 3.42. The normalized spacial score (nSPS) is 15.1. The fourth-order valence-electron chi connectivity index (χ4n) is 1.87. The molecule has 0 saturated carbocycles. The number of ketones is 1. The lowest BCUT2D eigenvalue weighted by atomic mass is 9.90. The maximum Gasteiger partial charge on any atom is 0.166 e. The van der Waals surface area contributed by atoms with Gasteiger partial charge in [0, 0.05) is 12.5 Å². The standard InChI is InChI=1S/C11H11FO2/c1-14-10-6-8(12)5-7-3-2-4-9(13)11(7)10/h5-6H,2-4H2,1H3. The first-order valence-electron chi connectivity index (χ1n) is 4.62. The Kier molecular flexibility index (Phi) is 2.23. The number of carbonyl (C=O) groups excluding carboxylic acids is 1. The average molecular weight is 194 g/mol. The van der Waals surface area contributed by atoms with E-state index in [2.05, 4.69) is 0 Å². The van der Waals surface area contributed by atoms with Gasteiger partial charge in [-0.1, -0.05) is 0 Å². The summed E-state index contributed by atoms with van der Waals surface area (Å²) >= 11 is 0. The molecule has 3 heteroatoms. The first kappa shape index (κ1) is 9.19. The van der Waals surface area contributed by atoms with Gasteiger partial charge in [0.2, 0.25) is 0 Å². The molecule has 0 saturated heterocycles. The number of carbonyl (C=O) groups is 1. The number of rotatable bonds is 1. The van der Waals surface area contributed by atoms with Crippen LogP contribution in [0.4, 0.5) is 4.39 Å². The Hall–Kier alpha value is -1.38. The van der Waals surface area contributed by atoms with Crippen LogP contribution in [0, 0.1) is 5.82 Å². The van der Waals surface area contributed by atoms with E-state index in [1.807, 2.05) is 0 Å². The lowest BCUT2D eigenvalue weighted by Crippen LogP contribution is -2.12. The highest BCUT2D eigenvalue weighted by atomic mass is 19.1. The first-order chi connectivity index (χ1) is 6.72. The van der Waals surface area contributed by atoms with E-state index < -0.39 is 0 Å². The Morgan fingerprint density at radius 3 is 2.86 bits per heavy atom. The fraction of sp³-hybridized carbons (Fsp3) is 0.364. The number of benzene rings is 1. The van der Waals surface area contributed by atoms with Crippen LogP contribution in [0.5, 0.6) is 5.75 Å². The van der Waals surface area contributed by atoms with Crippen LogP contribution in [0.15, 0.2) is 12.1 Å². The molecule has 1 aliphatic rings.